The third kappa shape index (κ3) is 3.39. The SMILES string of the molecule is N#Cc1ccncc1-c1cccc(-c2cccc(-n3c4ccccc4c4c5sc6ccccc6c5ccc43)c2)c1. The summed E-state index contributed by atoms with van der Waals surface area (Å²) in [7, 11) is 0. The van der Waals surface area contributed by atoms with Crippen LogP contribution in [0.4, 0.5) is 0 Å². The standard InChI is InChI=1S/C36H21N3S/c37-21-26-17-18-38-22-31(26)25-9-5-7-23(19-25)24-8-6-10-27(20-24)39-32-13-3-1-12-30(32)35-33(39)16-15-29-28-11-2-4-14-34(28)40-36(29)35/h1-20,22H. The summed E-state index contributed by atoms with van der Waals surface area (Å²) in [6.45, 7) is 0. The molecule has 3 aromatic heterocycles. The molecule has 3 nitrogen and oxygen atoms in total. The lowest BCUT2D eigenvalue weighted by molar-refractivity contribution is 1.18. The summed E-state index contributed by atoms with van der Waals surface area (Å²) < 4.78 is 5.04. The Morgan fingerprint density at radius 1 is 0.650 bits per heavy atom. The van der Waals surface area contributed by atoms with E-state index in [1.54, 1.807) is 18.5 Å². The summed E-state index contributed by atoms with van der Waals surface area (Å²) in [6, 6.07) is 43.1. The zero-order valence-corrected chi connectivity index (χ0v) is 22.2. The molecular formula is C36H21N3S. The summed E-state index contributed by atoms with van der Waals surface area (Å²) in [6.07, 6.45) is 3.43. The van der Waals surface area contributed by atoms with Gasteiger partial charge in [0.15, 0.2) is 0 Å². The Labute approximate surface area is 234 Å². The maximum Gasteiger partial charge on any atom is 0.0999 e. The van der Waals surface area contributed by atoms with Gasteiger partial charge in [0.1, 0.15) is 0 Å². The van der Waals surface area contributed by atoms with Crippen LogP contribution in [0.25, 0.3) is 69.9 Å². The van der Waals surface area contributed by atoms with Crippen molar-refractivity contribution in [3.8, 4) is 34.0 Å². The molecule has 40 heavy (non-hydrogen) atoms. The topological polar surface area (TPSA) is 41.6 Å². The van der Waals surface area contributed by atoms with Crippen molar-refractivity contribution in [3.63, 3.8) is 0 Å². The number of hydrogen-bond donors (Lipinski definition) is 0. The van der Waals surface area contributed by atoms with Crippen molar-refractivity contribution < 1.29 is 0 Å². The number of rotatable bonds is 3. The number of nitriles is 1. The molecule has 8 aromatic rings. The Kier molecular flexibility index (Phi) is 5.06. The van der Waals surface area contributed by atoms with Crippen LogP contribution in [0.1, 0.15) is 5.56 Å². The summed E-state index contributed by atoms with van der Waals surface area (Å²) in [5.41, 5.74) is 8.19. The molecule has 0 aliphatic carbocycles. The molecule has 0 radical (unpaired) electrons. The predicted molar refractivity (Wildman–Crippen MR) is 167 cm³/mol. The lowest BCUT2D eigenvalue weighted by Crippen LogP contribution is -1.94. The molecule has 0 aliphatic rings. The molecule has 0 saturated carbocycles. The van der Waals surface area contributed by atoms with Gasteiger partial charge in [0, 0.05) is 54.6 Å². The average Bonchev–Trinajstić information content (AvgIpc) is 3.57. The van der Waals surface area contributed by atoms with Crippen molar-refractivity contribution in [1.82, 2.24) is 9.55 Å². The first kappa shape index (κ1) is 22.7. The van der Waals surface area contributed by atoms with Crippen molar-refractivity contribution in [3.05, 3.63) is 133 Å². The quantitative estimate of drug-likeness (QED) is 0.229. The minimum atomic E-state index is 0.624. The largest absolute Gasteiger partial charge is 0.309 e. The Balaban J connectivity index is 1.34. The monoisotopic (exact) mass is 527 g/mol. The molecule has 0 unspecified atom stereocenters. The zero-order valence-electron chi connectivity index (χ0n) is 21.4. The van der Waals surface area contributed by atoms with Gasteiger partial charge in [-0.15, -0.1) is 11.3 Å². The minimum Gasteiger partial charge on any atom is -0.309 e. The van der Waals surface area contributed by atoms with E-state index in [-0.39, 0.29) is 0 Å². The third-order valence-electron chi connectivity index (χ3n) is 7.73. The molecule has 3 heterocycles. The number of benzene rings is 5. The molecule has 4 heteroatoms. The number of fused-ring (bicyclic) bond motifs is 7. The molecule has 0 atom stereocenters. The van der Waals surface area contributed by atoms with E-state index in [0.29, 0.717) is 5.56 Å². The summed E-state index contributed by atoms with van der Waals surface area (Å²) >= 11 is 1.88. The van der Waals surface area contributed by atoms with Gasteiger partial charge < -0.3 is 4.57 Å². The van der Waals surface area contributed by atoms with Crippen LogP contribution in [-0.2, 0) is 0 Å². The first-order chi connectivity index (χ1) is 19.8. The fourth-order valence-corrected chi connectivity index (χ4v) is 7.18. The van der Waals surface area contributed by atoms with Gasteiger partial charge in [-0.05, 0) is 59.2 Å². The van der Waals surface area contributed by atoms with E-state index in [9.17, 15) is 5.26 Å². The minimum absolute atomic E-state index is 0.624. The summed E-state index contributed by atoms with van der Waals surface area (Å²) in [5.74, 6) is 0. The van der Waals surface area contributed by atoms with Gasteiger partial charge in [-0.2, -0.15) is 5.26 Å². The Morgan fingerprint density at radius 2 is 1.43 bits per heavy atom. The highest BCUT2D eigenvalue weighted by molar-refractivity contribution is 7.26. The van der Waals surface area contributed by atoms with Crippen LogP contribution in [0.2, 0.25) is 0 Å². The van der Waals surface area contributed by atoms with Gasteiger partial charge in [-0.25, -0.2) is 0 Å². The van der Waals surface area contributed by atoms with Gasteiger partial charge in [-0.1, -0.05) is 72.8 Å². The number of hydrogen-bond acceptors (Lipinski definition) is 3. The van der Waals surface area contributed by atoms with Crippen LogP contribution in [0.5, 0.6) is 0 Å². The second-order valence-electron chi connectivity index (χ2n) is 9.95. The zero-order chi connectivity index (χ0) is 26.6. The van der Waals surface area contributed by atoms with Crippen LogP contribution in [0, 0.1) is 11.3 Å². The van der Waals surface area contributed by atoms with Crippen molar-refractivity contribution in [1.29, 1.82) is 5.26 Å². The number of thiophene rings is 1. The predicted octanol–water partition coefficient (Wildman–Crippen LogP) is 9.75. The molecule has 0 amide bonds. The maximum atomic E-state index is 9.61. The number of nitrogens with zero attached hydrogens (tertiary/aromatic N) is 3. The van der Waals surface area contributed by atoms with Crippen LogP contribution < -0.4 is 0 Å². The molecule has 186 valence electrons. The summed E-state index contributed by atoms with van der Waals surface area (Å²) in [5, 5.41) is 14.8. The van der Waals surface area contributed by atoms with E-state index in [4.69, 9.17) is 0 Å². The second kappa shape index (κ2) is 8.91. The van der Waals surface area contributed by atoms with E-state index >= 15 is 0 Å². The molecule has 0 N–H and O–H groups in total. The number of aromatic nitrogens is 2. The van der Waals surface area contributed by atoms with Crippen molar-refractivity contribution >= 4 is 53.3 Å². The van der Waals surface area contributed by atoms with Gasteiger partial charge in [0.05, 0.1) is 22.7 Å². The number of pyridine rings is 1. The van der Waals surface area contributed by atoms with Crippen molar-refractivity contribution in [2.45, 2.75) is 0 Å². The van der Waals surface area contributed by atoms with Crippen LogP contribution in [-0.4, -0.2) is 9.55 Å². The van der Waals surface area contributed by atoms with E-state index in [1.807, 2.05) is 23.5 Å². The fraction of sp³-hybridized carbons (Fsp3) is 0. The maximum absolute atomic E-state index is 9.61. The lowest BCUT2D eigenvalue weighted by Gasteiger charge is -2.11. The van der Waals surface area contributed by atoms with E-state index in [1.165, 1.54) is 42.0 Å². The fourth-order valence-electron chi connectivity index (χ4n) is 5.93. The molecule has 0 spiro atoms. The van der Waals surface area contributed by atoms with Gasteiger partial charge >= 0.3 is 0 Å². The Bertz CT molecular complexity index is 2300. The summed E-state index contributed by atoms with van der Waals surface area (Å²) in [4.78, 5) is 4.26. The average molecular weight is 528 g/mol. The van der Waals surface area contributed by atoms with Gasteiger partial charge in [0.25, 0.3) is 0 Å². The highest BCUT2D eigenvalue weighted by Gasteiger charge is 2.17. The highest BCUT2D eigenvalue weighted by Crippen LogP contribution is 2.43. The van der Waals surface area contributed by atoms with E-state index in [0.717, 1.165) is 27.9 Å². The van der Waals surface area contributed by atoms with Crippen molar-refractivity contribution in [2.75, 3.05) is 0 Å². The highest BCUT2D eigenvalue weighted by atomic mass is 32.1. The molecule has 0 bridgehead atoms. The molecule has 8 rings (SSSR count). The Hall–Kier alpha value is -5.24. The third-order valence-corrected chi connectivity index (χ3v) is 8.94. The molecule has 0 fully saturated rings. The lowest BCUT2D eigenvalue weighted by atomic mass is 9.97. The van der Waals surface area contributed by atoms with Crippen molar-refractivity contribution in [2.24, 2.45) is 0 Å². The molecule has 0 saturated heterocycles. The Morgan fingerprint density at radius 3 is 2.33 bits per heavy atom. The first-order valence-electron chi connectivity index (χ1n) is 13.2. The van der Waals surface area contributed by atoms with Gasteiger partial charge in [-0.3, -0.25) is 4.98 Å². The van der Waals surface area contributed by atoms with Crippen LogP contribution in [0.15, 0.2) is 128 Å². The first-order valence-corrected chi connectivity index (χ1v) is 14.0. The second-order valence-corrected chi connectivity index (χ2v) is 11.0. The van der Waals surface area contributed by atoms with Crippen LogP contribution in [0.3, 0.4) is 0 Å². The molecular weight excluding hydrogens is 506 g/mol. The smallest absolute Gasteiger partial charge is 0.0999 e. The van der Waals surface area contributed by atoms with E-state index in [2.05, 4.69) is 113 Å². The normalized spacial score (nSPS) is 11.5. The van der Waals surface area contributed by atoms with Crippen LogP contribution >= 0.6 is 11.3 Å². The molecule has 5 aromatic carbocycles. The number of para-hydroxylation sites is 1. The molecule has 0 aliphatic heterocycles. The van der Waals surface area contributed by atoms with E-state index < -0.39 is 0 Å². The van der Waals surface area contributed by atoms with Gasteiger partial charge in [0.2, 0.25) is 0 Å².